The van der Waals surface area contributed by atoms with Crippen LogP contribution in [0.5, 0.6) is 0 Å². The molecule has 0 rings (SSSR count). The summed E-state index contributed by atoms with van der Waals surface area (Å²) in [6, 6.07) is -0.731. The van der Waals surface area contributed by atoms with Crippen LogP contribution in [-0.2, 0) is 28.6 Å². The summed E-state index contributed by atoms with van der Waals surface area (Å²) in [7, 11) is 5.38. The first kappa shape index (κ1) is 46.3. The first-order chi connectivity index (χ1) is 23.6. The molecule has 49 heavy (non-hydrogen) atoms. The van der Waals surface area contributed by atoms with E-state index in [2.05, 4.69) is 26.0 Å². The van der Waals surface area contributed by atoms with Crippen molar-refractivity contribution in [1.29, 1.82) is 0 Å². The molecule has 2 atom stereocenters. The van der Waals surface area contributed by atoms with E-state index in [9.17, 15) is 19.5 Å². The predicted molar refractivity (Wildman–Crippen MR) is 199 cm³/mol. The second-order valence-corrected chi connectivity index (χ2v) is 13.9. The highest BCUT2D eigenvalue weighted by atomic mass is 16.6. The van der Waals surface area contributed by atoms with Crippen LogP contribution in [0.15, 0.2) is 48.6 Å². The molecule has 0 amide bonds. The standard InChI is InChI=1S/C41H71NO7/c1-6-8-10-12-14-16-18-20-22-24-26-28-30-32-40(44)49-37(35-47-34-33-38(41(45)46)42(3,4)5)36-48-39(43)31-29-27-25-23-21-19-17-15-13-11-9-7-2/h8,10,12,14,16,18,20,22,37-38H,6-7,9,11,13,15,17,19,21,23-36H2,1-5H3/b10-8+,14-12+,18-16+,22-20+. The van der Waals surface area contributed by atoms with Gasteiger partial charge in [-0.3, -0.25) is 9.59 Å². The Morgan fingerprint density at radius 3 is 1.69 bits per heavy atom. The monoisotopic (exact) mass is 690 g/mol. The average Bonchev–Trinajstić information content (AvgIpc) is 3.05. The van der Waals surface area contributed by atoms with E-state index in [1.807, 2.05) is 36.5 Å². The number of carboxylic acid groups (broad SMARTS) is 1. The summed E-state index contributed by atoms with van der Waals surface area (Å²) in [6.07, 6.45) is 35.6. The van der Waals surface area contributed by atoms with Crippen LogP contribution >= 0.6 is 0 Å². The molecule has 0 saturated carbocycles. The second kappa shape index (κ2) is 32.5. The van der Waals surface area contributed by atoms with Gasteiger partial charge in [0.2, 0.25) is 0 Å². The Hall–Kier alpha value is -2.71. The Bertz CT molecular complexity index is 948. The van der Waals surface area contributed by atoms with Crippen LogP contribution in [0.3, 0.4) is 0 Å². The Labute approximate surface area is 299 Å². The van der Waals surface area contributed by atoms with Crippen molar-refractivity contribution in [3.63, 3.8) is 0 Å². The number of rotatable bonds is 33. The topological polar surface area (TPSA) is 102 Å². The number of carboxylic acids is 1. The summed E-state index contributed by atoms with van der Waals surface area (Å²) in [4.78, 5) is 36.6. The fourth-order valence-corrected chi connectivity index (χ4v) is 5.31. The number of quaternary nitrogens is 1. The minimum atomic E-state index is -1.13. The molecular formula is C41H71NO7. The number of allylic oxidation sites excluding steroid dienone is 8. The smallest absolute Gasteiger partial charge is 0.306 e. The number of likely N-dealkylation sites (N-methyl/N-ethyl adjacent to an activating group) is 1. The van der Waals surface area contributed by atoms with Crippen LogP contribution in [0.2, 0.25) is 0 Å². The summed E-state index contributed by atoms with van der Waals surface area (Å²) < 4.78 is 17.0. The Balaban J connectivity index is 4.50. The fourth-order valence-electron chi connectivity index (χ4n) is 5.31. The molecule has 0 aliphatic rings. The van der Waals surface area contributed by atoms with Crippen LogP contribution in [0.1, 0.15) is 142 Å². The van der Waals surface area contributed by atoms with Crippen molar-refractivity contribution in [2.75, 3.05) is 41.0 Å². The molecule has 0 saturated heterocycles. The van der Waals surface area contributed by atoms with Gasteiger partial charge in [0.1, 0.15) is 12.6 Å². The lowest BCUT2D eigenvalue weighted by atomic mass is 10.0. The van der Waals surface area contributed by atoms with Gasteiger partial charge in [0.15, 0.2) is 6.10 Å². The van der Waals surface area contributed by atoms with Gasteiger partial charge >= 0.3 is 11.9 Å². The molecule has 0 aliphatic carbocycles. The van der Waals surface area contributed by atoms with Gasteiger partial charge in [-0.15, -0.1) is 0 Å². The van der Waals surface area contributed by atoms with Crippen molar-refractivity contribution >= 4 is 17.9 Å². The maximum Gasteiger partial charge on any atom is 0.306 e. The number of hydrogen-bond acceptors (Lipinski definition) is 7. The summed E-state index contributed by atoms with van der Waals surface area (Å²) >= 11 is 0. The maximum absolute atomic E-state index is 12.6. The molecule has 0 radical (unpaired) electrons. The minimum Gasteiger partial charge on any atom is -0.544 e. The molecule has 8 nitrogen and oxygen atoms in total. The largest absolute Gasteiger partial charge is 0.544 e. The van der Waals surface area contributed by atoms with Crippen molar-refractivity contribution in [2.24, 2.45) is 0 Å². The predicted octanol–water partition coefficient (Wildman–Crippen LogP) is 8.35. The van der Waals surface area contributed by atoms with Crippen LogP contribution in [0.25, 0.3) is 0 Å². The Morgan fingerprint density at radius 2 is 1.14 bits per heavy atom. The fraction of sp³-hybridized carbons (Fsp3) is 0.732. The van der Waals surface area contributed by atoms with Gasteiger partial charge in [-0.1, -0.05) is 140 Å². The van der Waals surface area contributed by atoms with Crippen molar-refractivity contribution in [1.82, 2.24) is 0 Å². The number of nitrogens with zero attached hydrogens (tertiary/aromatic N) is 1. The molecule has 2 unspecified atom stereocenters. The molecule has 0 N–H and O–H groups in total. The highest BCUT2D eigenvalue weighted by Gasteiger charge is 2.25. The van der Waals surface area contributed by atoms with Crippen LogP contribution in [0.4, 0.5) is 0 Å². The van der Waals surface area contributed by atoms with Crippen molar-refractivity contribution in [3.8, 4) is 0 Å². The molecule has 0 aromatic rings. The summed E-state index contributed by atoms with van der Waals surface area (Å²) in [5.74, 6) is -1.79. The van der Waals surface area contributed by atoms with E-state index < -0.39 is 18.1 Å². The molecule has 0 heterocycles. The molecule has 282 valence electrons. The highest BCUT2D eigenvalue weighted by Crippen LogP contribution is 2.14. The molecule has 0 aromatic heterocycles. The SMILES string of the molecule is CC/C=C/C=C/C=C/C=C/CCCCCC(=O)OC(COCCC(C(=O)[O-])[N+](C)(C)C)COC(=O)CCCCCCCCCCCCCC. The quantitative estimate of drug-likeness (QED) is 0.0295. The summed E-state index contributed by atoms with van der Waals surface area (Å²) in [5.41, 5.74) is 0. The zero-order valence-electron chi connectivity index (χ0n) is 31.8. The first-order valence-corrected chi connectivity index (χ1v) is 19.2. The second-order valence-electron chi connectivity index (χ2n) is 13.9. The van der Waals surface area contributed by atoms with Crippen LogP contribution in [0, 0.1) is 0 Å². The number of hydrogen-bond donors (Lipinski definition) is 0. The van der Waals surface area contributed by atoms with Gasteiger partial charge in [0.05, 0.1) is 40.3 Å². The molecule has 0 bridgehead atoms. The van der Waals surface area contributed by atoms with E-state index in [0.717, 1.165) is 44.9 Å². The third kappa shape index (κ3) is 31.0. The normalized spacial score (nSPS) is 13.6. The zero-order valence-corrected chi connectivity index (χ0v) is 31.8. The lowest BCUT2D eigenvalue weighted by Gasteiger charge is -2.34. The third-order valence-electron chi connectivity index (χ3n) is 8.32. The number of carbonyl (C=O) groups is 3. The van der Waals surface area contributed by atoms with E-state index in [1.165, 1.54) is 57.8 Å². The number of aliphatic carboxylic acids is 1. The van der Waals surface area contributed by atoms with Gasteiger partial charge in [0.25, 0.3) is 0 Å². The Morgan fingerprint density at radius 1 is 0.633 bits per heavy atom. The molecule has 0 aromatic carbocycles. The van der Waals surface area contributed by atoms with Gasteiger partial charge in [0, 0.05) is 19.3 Å². The summed E-state index contributed by atoms with van der Waals surface area (Å²) in [5, 5.41) is 11.6. The average molecular weight is 690 g/mol. The number of esters is 2. The number of ether oxygens (including phenoxy) is 3. The lowest BCUT2D eigenvalue weighted by molar-refractivity contribution is -0.889. The lowest BCUT2D eigenvalue weighted by Crippen LogP contribution is -2.55. The third-order valence-corrected chi connectivity index (χ3v) is 8.32. The van der Waals surface area contributed by atoms with Gasteiger partial charge < -0.3 is 28.6 Å². The van der Waals surface area contributed by atoms with Gasteiger partial charge in [-0.2, -0.15) is 0 Å². The molecule has 8 heteroatoms. The Kier molecular flexibility index (Phi) is 30.7. The molecular weight excluding hydrogens is 618 g/mol. The van der Waals surface area contributed by atoms with Crippen molar-refractivity contribution in [3.05, 3.63) is 48.6 Å². The van der Waals surface area contributed by atoms with Gasteiger partial charge in [-0.05, 0) is 32.1 Å². The van der Waals surface area contributed by atoms with E-state index in [-0.39, 0.29) is 49.1 Å². The molecule has 0 fully saturated rings. The molecule has 0 aliphatic heterocycles. The van der Waals surface area contributed by atoms with E-state index >= 15 is 0 Å². The highest BCUT2D eigenvalue weighted by molar-refractivity contribution is 5.70. The van der Waals surface area contributed by atoms with E-state index in [4.69, 9.17) is 14.2 Å². The molecule has 0 spiro atoms. The van der Waals surface area contributed by atoms with E-state index in [0.29, 0.717) is 12.8 Å². The first-order valence-electron chi connectivity index (χ1n) is 19.2. The maximum atomic E-state index is 12.6. The number of carbonyl (C=O) groups excluding carboxylic acids is 3. The zero-order chi connectivity index (χ0) is 36.4. The van der Waals surface area contributed by atoms with E-state index in [1.54, 1.807) is 21.1 Å². The number of unbranched alkanes of at least 4 members (excludes halogenated alkanes) is 14. The summed E-state index contributed by atoms with van der Waals surface area (Å²) in [6.45, 7) is 4.45. The van der Waals surface area contributed by atoms with Crippen LogP contribution < -0.4 is 5.11 Å². The van der Waals surface area contributed by atoms with Gasteiger partial charge in [-0.25, -0.2) is 0 Å². The van der Waals surface area contributed by atoms with Crippen molar-refractivity contribution < 1.29 is 38.2 Å². The van der Waals surface area contributed by atoms with Crippen molar-refractivity contribution in [2.45, 2.75) is 154 Å². The van der Waals surface area contributed by atoms with Crippen LogP contribution in [-0.4, -0.2) is 75.5 Å². The minimum absolute atomic E-state index is 0.0247.